The number of halogens is 1. The first kappa shape index (κ1) is 24.1. The lowest BCUT2D eigenvalue weighted by Gasteiger charge is -2.26. The van der Waals surface area contributed by atoms with Gasteiger partial charge >= 0.3 is 0 Å². The summed E-state index contributed by atoms with van der Waals surface area (Å²) in [7, 11) is -7.15. The molecular weight excluding hydrogens is 441 g/mol. The standard InChI is InChI=1S/C22H19NPS.ClHO4/c1-25-18-22(17-23)24(19-11-5-2-6-12-19,20-13-7-3-8-14-20)21-15-9-4-10-16-21;2-1(3,4)5/h2-16,18H,1H3;(H,2,3,4,5)/q+1;/p-1. The van der Waals surface area contributed by atoms with Crippen LogP contribution in [0.2, 0.25) is 0 Å². The summed E-state index contributed by atoms with van der Waals surface area (Å²) >= 11 is 1.59. The predicted octanol–water partition coefficient (Wildman–Crippen LogP) is -0.0475. The number of thioether (sulfide) groups is 1. The summed E-state index contributed by atoms with van der Waals surface area (Å²) in [6, 6.07) is 33.9. The Morgan fingerprint density at radius 1 is 0.767 bits per heavy atom. The van der Waals surface area contributed by atoms with E-state index in [1.807, 2.05) is 29.9 Å². The van der Waals surface area contributed by atoms with Crippen LogP contribution in [-0.4, -0.2) is 6.26 Å². The highest BCUT2D eigenvalue weighted by molar-refractivity contribution is 8.03. The van der Waals surface area contributed by atoms with Crippen LogP contribution in [0.3, 0.4) is 0 Å². The van der Waals surface area contributed by atoms with Crippen LogP contribution < -0.4 is 34.5 Å². The number of nitriles is 1. The van der Waals surface area contributed by atoms with E-state index in [0.717, 1.165) is 5.31 Å². The van der Waals surface area contributed by atoms with Gasteiger partial charge in [-0.05, 0) is 42.7 Å². The number of nitrogens with zero attached hydrogens (tertiary/aromatic N) is 1. The molecule has 3 rings (SSSR count). The Bertz CT molecular complexity index is 888. The quantitative estimate of drug-likeness (QED) is 0.390. The van der Waals surface area contributed by atoms with Crippen LogP contribution in [0.25, 0.3) is 0 Å². The summed E-state index contributed by atoms with van der Waals surface area (Å²) in [4.78, 5) is 0. The Morgan fingerprint density at radius 2 is 1.07 bits per heavy atom. The van der Waals surface area contributed by atoms with Gasteiger partial charge in [-0.25, -0.2) is 18.6 Å². The van der Waals surface area contributed by atoms with E-state index in [1.165, 1.54) is 15.9 Å². The number of benzene rings is 3. The Kier molecular flexibility index (Phi) is 9.04. The minimum atomic E-state index is -4.94. The number of hydrogen-bond donors (Lipinski definition) is 0. The Balaban J connectivity index is 0.000000575. The smallest absolute Gasteiger partial charge is 0.191 e. The molecule has 0 fully saturated rings. The fourth-order valence-electron chi connectivity index (χ4n) is 3.11. The Labute approximate surface area is 183 Å². The van der Waals surface area contributed by atoms with Crippen LogP contribution in [0, 0.1) is 21.6 Å². The average Bonchev–Trinajstić information content (AvgIpc) is 2.75. The van der Waals surface area contributed by atoms with Crippen molar-refractivity contribution >= 4 is 34.9 Å². The molecular formula is C22H19ClNO4PS. The first-order valence-electron chi connectivity index (χ1n) is 8.65. The van der Waals surface area contributed by atoms with Crippen LogP contribution in [-0.2, 0) is 0 Å². The van der Waals surface area contributed by atoms with Crippen molar-refractivity contribution in [3.8, 4) is 6.07 Å². The molecule has 0 unspecified atom stereocenters. The first-order chi connectivity index (χ1) is 14.3. The van der Waals surface area contributed by atoms with E-state index in [4.69, 9.17) is 18.6 Å². The number of rotatable bonds is 5. The average molecular weight is 460 g/mol. The summed E-state index contributed by atoms with van der Waals surface area (Å²) in [5.41, 5.74) is 0. The van der Waals surface area contributed by atoms with E-state index >= 15 is 0 Å². The van der Waals surface area contributed by atoms with Gasteiger partial charge in [0.2, 0.25) is 0 Å². The molecule has 0 spiro atoms. The molecule has 0 heterocycles. The van der Waals surface area contributed by atoms with Gasteiger partial charge in [0.05, 0.1) is 0 Å². The number of allylic oxidation sites excluding steroid dienone is 1. The van der Waals surface area contributed by atoms with Crippen LogP contribution in [0.1, 0.15) is 0 Å². The SMILES string of the molecule is CSC=C(C#N)[P+](c1ccccc1)(c1ccccc1)c1ccccc1.[O-][Cl+3]([O-])([O-])[O-]. The van der Waals surface area contributed by atoms with Crippen molar-refractivity contribution in [3.05, 3.63) is 102 Å². The van der Waals surface area contributed by atoms with Gasteiger partial charge < -0.3 is 0 Å². The van der Waals surface area contributed by atoms with E-state index < -0.39 is 17.5 Å². The zero-order valence-electron chi connectivity index (χ0n) is 16.1. The second kappa shape index (κ2) is 11.3. The van der Waals surface area contributed by atoms with E-state index in [9.17, 15) is 5.26 Å². The molecule has 0 aromatic heterocycles. The minimum Gasteiger partial charge on any atom is -0.222 e. The summed E-state index contributed by atoms with van der Waals surface area (Å²) in [6.07, 6.45) is 2.01. The molecule has 8 heteroatoms. The molecule has 0 aliphatic heterocycles. The van der Waals surface area contributed by atoms with Crippen LogP contribution >= 0.6 is 19.0 Å². The fourth-order valence-corrected chi connectivity index (χ4v) is 8.07. The van der Waals surface area contributed by atoms with Gasteiger partial charge in [0.1, 0.15) is 22.0 Å². The molecule has 0 saturated carbocycles. The van der Waals surface area contributed by atoms with Crippen molar-refractivity contribution in [3.63, 3.8) is 0 Å². The van der Waals surface area contributed by atoms with Crippen molar-refractivity contribution in [1.29, 1.82) is 5.26 Å². The third kappa shape index (κ3) is 6.15. The Hall–Kier alpha value is -2.20. The highest BCUT2D eigenvalue weighted by Gasteiger charge is 2.49. The van der Waals surface area contributed by atoms with Gasteiger partial charge in [-0.15, -0.1) is 22.0 Å². The fraction of sp³-hybridized carbons (Fsp3) is 0.0455. The van der Waals surface area contributed by atoms with E-state index in [2.05, 4.69) is 78.9 Å². The van der Waals surface area contributed by atoms with Crippen molar-refractivity contribution in [1.82, 2.24) is 0 Å². The second-order valence-electron chi connectivity index (χ2n) is 5.91. The van der Waals surface area contributed by atoms with E-state index in [1.54, 1.807) is 11.8 Å². The lowest BCUT2D eigenvalue weighted by Crippen LogP contribution is -2.68. The predicted molar refractivity (Wildman–Crippen MR) is 112 cm³/mol. The molecule has 5 nitrogen and oxygen atoms in total. The molecule has 0 aliphatic rings. The summed E-state index contributed by atoms with van der Waals surface area (Å²) in [5, 5.41) is 16.5. The molecule has 154 valence electrons. The zero-order valence-corrected chi connectivity index (χ0v) is 18.5. The van der Waals surface area contributed by atoms with Gasteiger partial charge in [0, 0.05) is 5.41 Å². The molecule has 30 heavy (non-hydrogen) atoms. The maximum atomic E-state index is 10.1. The molecule has 0 N–H and O–H groups in total. The molecule has 0 bridgehead atoms. The van der Waals surface area contributed by atoms with Gasteiger partial charge in [-0.3, -0.25) is 0 Å². The third-order valence-electron chi connectivity index (χ3n) is 4.14. The van der Waals surface area contributed by atoms with Gasteiger partial charge in [-0.2, -0.15) is 5.26 Å². The second-order valence-corrected chi connectivity index (χ2v) is 10.7. The zero-order chi connectivity index (χ0) is 22.0. The highest BCUT2D eigenvalue weighted by atomic mass is 35.7. The van der Waals surface area contributed by atoms with Gasteiger partial charge in [0.15, 0.2) is 12.6 Å². The van der Waals surface area contributed by atoms with Crippen LogP contribution in [0.15, 0.2) is 102 Å². The summed E-state index contributed by atoms with van der Waals surface area (Å²) in [6.45, 7) is 0. The van der Waals surface area contributed by atoms with Crippen molar-refractivity contribution in [2.45, 2.75) is 0 Å². The molecule has 0 aliphatic carbocycles. The van der Waals surface area contributed by atoms with Gasteiger partial charge in [0.25, 0.3) is 0 Å². The lowest BCUT2D eigenvalue weighted by molar-refractivity contribution is -2.00. The normalized spacial score (nSPS) is 11.8. The maximum Gasteiger partial charge on any atom is 0.191 e. The van der Waals surface area contributed by atoms with Gasteiger partial charge in [-0.1, -0.05) is 54.6 Å². The first-order valence-corrected chi connectivity index (χ1v) is 13.0. The molecule has 3 aromatic rings. The van der Waals surface area contributed by atoms with Crippen molar-refractivity contribution in [2.75, 3.05) is 6.26 Å². The van der Waals surface area contributed by atoms with Crippen LogP contribution in [0.5, 0.6) is 0 Å². The third-order valence-corrected chi connectivity index (χ3v) is 8.95. The lowest BCUT2D eigenvalue weighted by atomic mass is 10.4. The van der Waals surface area contributed by atoms with Crippen molar-refractivity contribution in [2.24, 2.45) is 0 Å². The highest BCUT2D eigenvalue weighted by Crippen LogP contribution is 2.62. The van der Waals surface area contributed by atoms with Crippen molar-refractivity contribution < 1.29 is 28.9 Å². The molecule has 3 aromatic carbocycles. The van der Waals surface area contributed by atoms with E-state index in [0.29, 0.717) is 0 Å². The van der Waals surface area contributed by atoms with E-state index in [-0.39, 0.29) is 0 Å². The largest absolute Gasteiger partial charge is 0.222 e. The maximum absolute atomic E-state index is 10.1. The van der Waals surface area contributed by atoms with Crippen LogP contribution in [0.4, 0.5) is 0 Å². The minimum absolute atomic E-state index is 0.837. The molecule has 0 amide bonds. The topological polar surface area (TPSA) is 116 Å². The molecule has 0 atom stereocenters. The summed E-state index contributed by atoms with van der Waals surface area (Å²) < 4.78 is 34.0. The monoisotopic (exact) mass is 459 g/mol. The molecule has 0 saturated heterocycles. The number of hydrogen-bond acceptors (Lipinski definition) is 6. The molecule has 0 radical (unpaired) electrons. The summed E-state index contributed by atoms with van der Waals surface area (Å²) in [5.74, 6) is 0. The Morgan fingerprint density at radius 3 is 1.30 bits per heavy atom.